The van der Waals surface area contributed by atoms with Crippen molar-refractivity contribution in [3.8, 4) is 11.5 Å². The van der Waals surface area contributed by atoms with Gasteiger partial charge in [-0.2, -0.15) is 0 Å². The van der Waals surface area contributed by atoms with E-state index in [0.717, 1.165) is 25.1 Å². The highest BCUT2D eigenvalue weighted by Crippen LogP contribution is 2.30. The van der Waals surface area contributed by atoms with E-state index in [1.54, 1.807) is 19.3 Å². The smallest absolute Gasteiger partial charge is 0.316 e. The SMILES string of the molecule is CCOC(=O)C1CCCn2c(-c3nccnc3C)nnc21. The van der Waals surface area contributed by atoms with Gasteiger partial charge in [-0.3, -0.25) is 9.78 Å². The highest BCUT2D eigenvalue weighted by atomic mass is 16.5. The van der Waals surface area contributed by atoms with E-state index >= 15 is 0 Å². The summed E-state index contributed by atoms with van der Waals surface area (Å²) in [5, 5.41) is 8.43. The maximum absolute atomic E-state index is 12.0. The van der Waals surface area contributed by atoms with E-state index in [1.165, 1.54) is 0 Å². The van der Waals surface area contributed by atoms with E-state index in [0.29, 0.717) is 23.9 Å². The third kappa shape index (κ3) is 2.39. The second kappa shape index (κ2) is 5.59. The maximum Gasteiger partial charge on any atom is 0.316 e. The molecule has 0 aliphatic carbocycles. The summed E-state index contributed by atoms with van der Waals surface area (Å²) in [6.07, 6.45) is 4.92. The third-order valence-corrected chi connectivity index (χ3v) is 3.63. The highest BCUT2D eigenvalue weighted by Gasteiger charge is 2.32. The third-order valence-electron chi connectivity index (χ3n) is 3.63. The Morgan fingerprint density at radius 2 is 2.19 bits per heavy atom. The number of fused-ring (bicyclic) bond motifs is 1. The quantitative estimate of drug-likeness (QED) is 0.795. The van der Waals surface area contributed by atoms with Crippen LogP contribution in [0.1, 0.15) is 37.2 Å². The lowest BCUT2D eigenvalue weighted by Crippen LogP contribution is -2.25. The van der Waals surface area contributed by atoms with Crippen LogP contribution in [-0.4, -0.2) is 37.3 Å². The first-order valence-corrected chi connectivity index (χ1v) is 7.10. The summed E-state index contributed by atoms with van der Waals surface area (Å²) >= 11 is 0. The van der Waals surface area contributed by atoms with Gasteiger partial charge in [0.1, 0.15) is 17.4 Å². The summed E-state index contributed by atoms with van der Waals surface area (Å²) in [5.74, 6) is 0.773. The minimum Gasteiger partial charge on any atom is -0.465 e. The van der Waals surface area contributed by atoms with Gasteiger partial charge < -0.3 is 9.30 Å². The standard InChI is InChI=1S/C14H17N5O2/c1-3-21-14(20)10-5-4-8-19-12(10)17-18-13(19)11-9(2)15-6-7-16-11/h6-7,10H,3-5,8H2,1-2H3. The van der Waals surface area contributed by atoms with Crippen molar-refractivity contribution in [1.29, 1.82) is 0 Å². The molecule has 0 spiro atoms. The molecule has 0 radical (unpaired) electrons. The summed E-state index contributed by atoms with van der Waals surface area (Å²) in [7, 11) is 0. The average Bonchev–Trinajstić information content (AvgIpc) is 2.91. The lowest BCUT2D eigenvalue weighted by atomic mass is 9.99. The monoisotopic (exact) mass is 287 g/mol. The van der Waals surface area contributed by atoms with Crippen molar-refractivity contribution >= 4 is 5.97 Å². The minimum absolute atomic E-state index is 0.228. The highest BCUT2D eigenvalue weighted by molar-refractivity contribution is 5.77. The number of carbonyl (C=O) groups is 1. The Labute approximate surface area is 122 Å². The molecule has 3 rings (SSSR count). The van der Waals surface area contributed by atoms with Crippen LogP contribution >= 0.6 is 0 Å². The van der Waals surface area contributed by atoms with Crippen LogP contribution in [0, 0.1) is 6.92 Å². The number of hydrogen-bond acceptors (Lipinski definition) is 6. The normalized spacial score (nSPS) is 17.3. The molecule has 7 heteroatoms. The molecule has 0 saturated heterocycles. The molecule has 0 N–H and O–H groups in total. The zero-order chi connectivity index (χ0) is 14.8. The molecule has 1 aliphatic heterocycles. The maximum atomic E-state index is 12.0. The average molecular weight is 287 g/mol. The predicted octanol–water partition coefficient (Wildman–Crippen LogP) is 1.48. The van der Waals surface area contributed by atoms with Crippen molar-refractivity contribution in [3.63, 3.8) is 0 Å². The van der Waals surface area contributed by atoms with Crippen LogP contribution in [0.2, 0.25) is 0 Å². The molecular formula is C14H17N5O2. The van der Waals surface area contributed by atoms with E-state index in [4.69, 9.17) is 4.74 Å². The Hall–Kier alpha value is -2.31. The number of ether oxygens (including phenoxy) is 1. The summed E-state index contributed by atoms with van der Waals surface area (Å²) in [4.78, 5) is 20.6. The number of carbonyl (C=O) groups excluding carboxylic acids is 1. The molecule has 1 unspecified atom stereocenters. The fourth-order valence-electron chi connectivity index (χ4n) is 2.64. The molecule has 0 aromatic carbocycles. The Kier molecular flexibility index (Phi) is 3.64. The summed E-state index contributed by atoms with van der Waals surface area (Å²) in [6.45, 7) is 4.85. The lowest BCUT2D eigenvalue weighted by Gasteiger charge is -2.22. The molecule has 1 atom stereocenters. The van der Waals surface area contributed by atoms with Gasteiger partial charge in [0.2, 0.25) is 0 Å². The zero-order valence-corrected chi connectivity index (χ0v) is 12.1. The molecule has 1 aliphatic rings. The fourth-order valence-corrected chi connectivity index (χ4v) is 2.64. The second-order valence-electron chi connectivity index (χ2n) is 4.97. The van der Waals surface area contributed by atoms with Gasteiger partial charge in [0.15, 0.2) is 5.82 Å². The summed E-state index contributed by atoms with van der Waals surface area (Å²) in [6, 6.07) is 0. The first kappa shape index (κ1) is 13.7. The van der Waals surface area contributed by atoms with Crippen molar-refractivity contribution < 1.29 is 9.53 Å². The number of aryl methyl sites for hydroxylation is 1. The molecule has 0 bridgehead atoms. The van der Waals surface area contributed by atoms with Gasteiger partial charge >= 0.3 is 5.97 Å². The van der Waals surface area contributed by atoms with Crippen LogP contribution in [0.3, 0.4) is 0 Å². The lowest BCUT2D eigenvalue weighted by molar-refractivity contribution is -0.145. The second-order valence-corrected chi connectivity index (χ2v) is 4.97. The van der Waals surface area contributed by atoms with Gasteiger partial charge in [-0.1, -0.05) is 0 Å². The molecule has 0 amide bonds. The minimum atomic E-state index is -0.336. The molecule has 21 heavy (non-hydrogen) atoms. The Morgan fingerprint density at radius 3 is 2.95 bits per heavy atom. The number of rotatable bonds is 3. The molecular weight excluding hydrogens is 270 g/mol. The Balaban J connectivity index is 2.01. The fraction of sp³-hybridized carbons (Fsp3) is 0.500. The Morgan fingerprint density at radius 1 is 1.38 bits per heavy atom. The van der Waals surface area contributed by atoms with Gasteiger partial charge in [0, 0.05) is 18.9 Å². The molecule has 7 nitrogen and oxygen atoms in total. The number of esters is 1. The molecule has 0 fully saturated rings. The van der Waals surface area contributed by atoms with Crippen LogP contribution in [0.5, 0.6) is 0 Å². The van der Waals surface area contributed by atoms with E-state index in [2.05, 4.69) is 20.2 Å². The van der Waals surface area contributed by atoms with Crippen LogP contribution in [0.15, 0.2) is 12.4 Å². The molecule has 0 saturated carbocycles. The summed E-state index contributed by atoms with van der Waals surface area (Å²) < 4.78 is 7.09. The van der Waals surface area contributed by atoms with E-state index < -0.39 is 0 Å². The van der Waals surface area contributed by atoms with Gasteiger partial charge in [-0.25, -0.2) is 4.98 Å². The topological polar surface area (TPSA) is 82.8 Å². The number of aromatic nitrogens is 5. The number of hydrogen-bond donors (Lipinski definition) is 0. The van der Waals surface area contributed by atoms with Gasteiger partial charge in [-0.15, -0.1) is 10.2 Å². The first-order valence-electron chi connectivity index (χ1n) is 7.10. The van der Waals surface area contributed by atoms with E-state index in [-0.39, 0.29) is 11.9 Å². The van der Waals surface area contributed by atoms with E-state index in [1.807, 2.05) is 11.5 Å². The predicted molar refractivity (Wildman–Crippen MR) is 74.4 cm³/mol. The molecule has 2 aromatic rings. The molecule has 2 aromatic heterocycles. The first-order chi connectivity index (χ1) is 10.2. The van der Waals surface area contributed by atoms with E-state index in [9.17, 15) is 4.79 Å². The van der Waals surface area contributed by atoms with Crippen LogP contribution in [-0.2, 0) is 16.1 Å². The van der Waals surface area contributed by atoms with Crippen molar-refractivity contribution in [1.82, 2.24) is 24.7 Å². The van der Waals surface area contributed by atoms with Gasteiger partial charge in [-0.05, 0) is 26.7 Å². The van der Waals surface area contributed by atoms with Crippen molar-refractivity contribution in [2.45, 2.75) is 39.2 Å². The van der Waals surface area contributed by atoms with Crippen molar-refractivity contribution in [3.05, 3.63) is 23.9 Å². The zero-order valence-electron chi connectivity index (χ0n) is 12.1. The molecule has 110 valence electrons. The molecule has 3 heterocycles. The van der Waals surface area contributed by atoms with Crippen LogP contribution in [0.4, 0.5) is 0 Å². The van der Waals surface area contributed by atoms with Crippen molar-refractivity contribution in [2.24, 2.45) is 0 Å². The Bertz CT molecular complexity index is 667. The van der Waals surface area contributed by atoms with Gasteiger partial charge in [0.05, 0.1) is 12.3 Å². The van der Waals surface area contributed by atoms with Gasteiger partial charge in [0.25, 0.3) is 0 Å². The van der Waals surface area contributed by atoms with Crippen LogP contribution in [0.25, 0.3) is 11.5 Å². The summed E-state index contributed by atoms with van der Waals surface area (Å²) in [5.41, 5.74) is 1.51. The van der Waals surface area contributed by atoms with Crippen LogP contribution < -0.4 is 0 Å². The largest absolute Gasteiger partial charge is 0.465 e. The van der Waals surface area contributed by atoms with Crippen molar-refractivity contribution in [2.75, 3.05) is 6.61 Å². The number of nitrogens with zero attached hydrogens (tertiary/aromatic N) is 5.